The summed E-state index contributed by atoms with van der Waals surface area (Å²) in [5, 5.41) is 9.81. The van der Waals surface area contributed by atoms with Gasteiger partial charge in [0, 0.05) is 44.3 Å². The van der Waals surface area contributed by atoms with Crippen LogP contribution in [0.25, 0.3) is 0 Å². The molecule has 0 aromatic rings. The molecule has 0 unspecified atom stereocenters. The van der Waals surface area contributed by atoms with E-state index in [1.807, 2.05) is 0 Å². The van der Waals surface area contributed by atoms with Gasteiger partial charge in [-0.3, -0.25) is 15.3 Å². The highest BCUT2D eigenvalue weighted by Gasteiger charge is 1.96. The number of rotatable bonds is 0. The van der Waals surface area contributed by atoms with E-state index in [0.717, 1.165) is 45.9 Å². The Labute approximate surface area is 97.8 Å². The van der Waals surface area contributed by atoms with Crippen molar-refractivity contribution in [3.63, 3.8) is 0 Å². The van der Waals surface area contributed by atoms with Crippen LogP contribution in [0.3, 0.4) is 0 Å². The molecule has 0 atom stereocenters. The molecular formula is C11H23N5. The van der Waals surface area contributed by atoms with Crippen LogP contribution in [0, 0.1) is 0 Å². The Kier molecular flexibility index (Phi) is 6.96. The lowest BCUT2D eigenvalue weighted by atomic mass is 10.2. The molecule has 0 spiro atoms. The lowest BCUT2D eigenvalue weighted by Gasteiger charge is -2.08. The molecule has 0 bridgehead atoms. The third-order valence-corrected chi connectivity index (χ3v) is 2.35. The van der Waals surface area contributed by atoms with Gasteiger partial charge in [0.1, 0.15) is 0 Å². The molecule has 0 amide bonds. The second-order valence-electron chi connectivity index (χ2n) is 4.01. The number of hydrogen-bond donors (Lipinski definition) is 3. The number of hydrogen-bond acceptors (Lipinski definition) is 5. The van der Waals surface area contributed by atoms with Gasteiger partial charge >= 0.3 is 0 Å². The van der Waals surface area contributed by atoms with E-state index in [2.05, 4.69) is 39.8 Å². The van der Waals surface area contributed by atoms with Gasteiger partial charge in [0.2, 0.25) is 0 Å². The smallest absolute Gasteiger partial charge is 0.0514 e. The zero-order valence-corrected chi connectivity index (χ0v) is 10.3. The van der Waals surface area contributed by atoms with Crippen molar-refractivity contribution in [3.8, 4) is 0 Å². The van der Waals surface area contributed by atoms with Gasteiger partial charge < -0.3 is 10.6 Å². The van der Waals surface area contributed by atoms with E-state index in [1.165, 1.54) is 11.4 Å². The van der Waals surface area contributed by atoms with E-state index in [0.29, 0.717) is 0 Å². The van der Waals surface area contributed by atoms with Crippen molar-refractivity contribution in [3.05, 3.63) is 0 Å². The Hall–Kier alpha value is -0.780. The highest BCUT2D eigenvalue weighted by molar-refractivity contribution is 6.02. The fourth-order valence-electron chi connectivity index (χ4n) is 1.55. The first kappa shape index (κ1) is 13.3. The van der Waals surface area contributed by atoms with Crippen LogP contribution in [0.5, 0.6) is 0 Å². The quantitative estimate of drug-likeness (QED) is 0.544. The summed E-state index contributed by atoms with van der Waals surface area (Å²) in [6.07, 6.45) is 0.901. The van der Waals surface area contributed by atoms with Gasteiger partial charge in [0.25, 0.3) is 0 Å². The van der Waals surface area contributed by atoms with E-state index in [1.54, 1.807) is 0 Å². The van der Waals surface area contributed by atoms with Crippen molar-refractivity contribution in [2.24, 2.45) is 9.98 Å². The summed E-state index contributed by atoms with van der Waals surface area (Å²) in [4.78, 5) is 8.98. The standard InChI is InChI=1S/C11H23N5/c1-10-7-11(2)16-6-4-13-9-14-8-12-3-5-15-10/h12-14H,3-9H2,1-2H3. The molecule has 16 heavy (non-hydrogen) atoms. The number of aliphatic imine (C=N–C) groups is 2. The van der Waals surface area contributed by atoms with Gasteiger partial charge in [-0.1, -0.05) is 0 Å². The maximum absolute atomic E-state index is 4.49. The second-order valence-corrected chi connectivity index (χ2v) is 4.01. The van der Waals surface area contributed by atoms with Crippen molar-refractivity contribution in [2.45, 2.75) is 20.3 Å². The molecule has 0 saturated carbocycles. The molecule has 0 fully saturated rings. The predicted molar refractivity (Wildman–Crippen MR) is 69.4 cm³/mol. The van der Waals surface area contributed by atoms with Crippen molar-refractivity contribution >= 4 is 11.4 Å². The first-order valence-electron chi connectivity index (χ1n) is 5.91. The number of nitrogens with zero attached hydrogens (tertiary/aromatic N) is 2. The van der Waals surface area contributed by atoms with E-state index < -0.39 is 0 Å². The summed E-state index contributed by atoms with van der Waals surface area (Å²) in [5.74, 6) is 0. The molecule has 0 aromatic heterocycles. The third-order valence-electron chi connectivity index (χ3n) is 2.35. The fourth-order valence-corrected chi connectivity index (χ4v) is 1.55. The highest BCUT2D eigenvalue weighted by Crippen LogP contribution is 1.91. The minimum Gasteiger partial charge on any atom is -0.303 e. The average Bonchev–Trinajstić information content (AvgIpc) is 2.25. The summed E-state index contributed by atoms with van der Waals surface area (Å²) in [6, 6.07) is 0. The molecule has 1 aliphatic rings. The molecule has 3 N–H and O–H groups in total. The summed E-state index contributed by atoms with van der Waals surface area (Å²) < 4.78 is 0. The van der Waals surface area contributed by atoms with Crippen LogP contribution >= 0.6 is 0 Å². The van der Waals surface area contributed by atoms with Crippen LogP contribution in [-0.2, 0) is 0 Å². The molecule has 1 rings (SSSR count). The molecule has 5 heteroatoms. The molecule has 5 nitrogen and oxygen atoms in total. The van der Waals surface area contributed by atoms with Crippen molar-refractivity contribution in [1.29, 1.82) is 0 Å². The van der Waals surface area contributed by atoms with E-state index >= 15 is 0 Å². The fraction of sp³-hybridized carbons (Fsp3) is 0.818. The Balaban J connectivity index is 2.41. The highest BCUT2D eigenvalue weighted by atomic mass is 15.1. The Morgan fingerprint density at radius 2 is 1.31 bits per heavy atom. The summed E-state index contributed by atoms with van der Waals surface area (Å²) in [6.45, 7) is 9.31. The maximum atomic E-state index is 4.49. The normalized spacial score (nSPS) is 21.9. The molecule has 0 aromatic carbocycles. The van der Waals surface area contributed by atoms with Crippen LogP contribution in [0.15, 0.2) is 9.98 Å². The topological polar surface area (TPSA) is 60.8 Å². The van der Waals surface area contributed by atoms with E-state index in [-0.39, 0.29) is 0 Å². The SMILES string of the molecule is CC1=NCCNCNCNCCN=C(C)C1. The summed E-state index contributed by atoms with van der Waals surface area (Å²) >= 11 is 0. The maximum Gasteiger partial charge on any atom is 0.0514 e. The first-order valence-corrected chi connectivity index (χ1v) is 5.91. The van der Waals surface area contributed by atoms with E-state index in [4.69, 9.17) is 0 Å². The van der Waals surface area contributed by atoms with E-state index in [9.17, 15) is 0 Å². The molecule has 1 aliphatic heterocycles. The molecule has 92 valence electrons. The summed E-state index contributed by atoms with van der Waals surface area (Å²) in [7, 11) is 0. The van der Waals surface area contributed by atoms with Gasteiger partial charge in [0.15, 0.2) is 0 Å². The molecule has 0 saturated heterocycles. The van der Waals surface area contributed by atoms with Gasteiger partial charge in [0.05, 0.1) is 13.1 Å². The predicted octanol–water partition coefficient (Wildman–Crippen LogP) is -0.00430. The minimum absolute atomic E-state index is 0.823. The van der Waals surface area contributed by atoms with Crippen molar-refractivity contribution in [1.82, 2.24) is 16.0 Å². The van der Waals surface area contributed by atoms with Crippen molar-refractivity contribution in [2.75, 3.05) is 39.5 Å². The van der Waals surface area contributed by atoms with Crippen molar-refractivity contribution < 1.29 is 0 Å². The van der Waals surface area contributed by atoms with Gasteiger partial charge in [-0.2, -0.15) is 0 Å². The first-order chi connectivity index (χ1) is 7.79. The van der Waals surface area contributed by atoms with Gasteiger partial charge in [-0.05, 0) is 13.8 Å². The van der Waals surface area contributed by atoms with Crippen LogP contribution in [0.4, 0.5) is 0 Å². The third kappa shape index (κ3) is 6.66. The van der Waals surface area contributed by atoms with Crippen LogP contribution < -0.4 is 16.0 Å². The Morgan fingerprint density at radius 3 is 1.81 bits per heavy atom. The Bertz CT molecular complexity index is 223. The lowest BCUT2D eigenvalue weighted by Crippen LogP contribution is -2.37. The minimum atomic E-state index is 0.823. The average molecular weight is 225 g/mol. The van der Waals surface area contributed by atoms with Crippen LogP contribution in [0.2, 0.25) is 0 Å². The summed E-state index contributed by atoms with van der Waals surface area (Å²) in [5.41, 5.74) is 2.34. The molecule has 1 heterocycles. The van der Waals surface area contributed by atoms with Crippen LogP contribution in [0.1, 0.15) is 20.3 Å². The second kappa shape index (κ2) is 8.38. The Morgan fingerprint density at radius 1 is 0.812 bits per heavy atom. The largest absolute Gasteiger partial charge is 0.303 e. The lowest BCUT2D eigenvalue weighted by molar-refractivity contribution is 0.540. The van der Waals surface area contributed by atoms with Gasteiger partial charge in [-0.25, -0.2) is 0 Å². The zero-order valence-electron chi connectivity index (χ0n) is 10.3. The monoisotopic (exact) mass is 225 g/mol. The zero-order chi connectivity index (χ0) is 11.6. The van der Waals surface area contributed by atoms with Gasteiger partial charge in [-0.15, -0.1) is 0 Å². The molecule has 0 radical (unpaired) electrons. The molecule has 0 aliphatic carbocycles. The number of nitrogens with one attached hydrogen (secondary N) is 3. The van der Waals surface area contributed by atoms with Crippen LogP contribution in [-0.4, -0.2) is 50.9 Å². The molecular weight excluding hydrogens is 202 g/mol.